The Morgan fingerprint density at radius 1 is 1.62 bits per heavy atom. The molecule has 0 bridgehead atoms. The van der Waals surface area contributed by atoms with Gasteiger partial charge in [-0.15, -0.1) is 11.3 Å². The number of thiophene rings is 1. The summed E-state index contributed by atoms with van der Waals surface area (Å²) in [4.78, 5) is 16.1. The highest BCUT2D eigenvalue weighted by Gasteiger charge is 2.01. The van der Waals surface area contributed by atoms with Crippen LogP contribution in [0.2, 0.25) is 0 Å². The second-order valence-electron chi connectivity index (χ2n) is 2.36. The highest BCUT2D eigenvalue weighted by molar-refractivity contribution is 7.09. The Balaban J connectivity index is 2.11. The molecular formula is C8H11NO3S. The van der Waals surface area contributed by atoms with Crippen LogP contribution in [-0.2, 0) is 20.8 Å². The van der Waals surface area contributed by atoms with Gasteiger partial charge in [-0.1, -0.05) is 6.07 Å². The summed E-state index contributed by atoms with van der Waals surface area (Å²) < 4.78 is 4.82. The summed E-state index contributed by atoms with van der Waals surface area (Å²) in [6, 6.07) is 3.96. The Labute approximate surface area is 80.2 Å². The summed E-state index contributed by atoms with van der Waals surface area (Å²) in [5.74, 6) is 4.27. The predicted octanol–water partition coefficient (Wildman–Crippen LogP) is 0.724. The van der Waals surface area contributed by atoms with E-state index in [0.717, 1.165) is 6.42 Å². The van der Waals surface area contributed by atoms with Gasteiger partial charge >= 0.3 is 5.97 Å². The molecule has 4 nitrogen and oxygen atoms in total. The largest absolute Gasteiger partial charge is 0.464 e. The van der Waals surface area contributed by atoms with E-state index >= 15 is 0 Å². The molecule has 5 heteroatoms. The van der Waals surface area contributed by atoms with Crippen LogP contribution in [0.15, 0.2) is 17.5 Å². The SMILES string of the molecule is NOCC(=O)OCCc1cccs1. The molecule has 1 rings (SSSR count). The lowest BCUT2D eigenvalue weighted by Gasteiger charge is -2.01. The van der Waals surface area contributed by atoms with E-state index in [-0.39, 0.29) is 6.61 Å². The fourth-order valence-electron chi connectivity index (χ4n) is 0.830. The Hall–Kier alpha value is -0.910. The third-order valence-corrected chi connectivity index (χ3v) is 2.33. The van der Waals surface area contributed by atoms with Crippen molar-refractivity contribution in [3.05, 3.63) is 22.4 Å². The molecule has 72 valence electrons. The van der Waals surface area contributed by atoms with Crippen LogP contribution in [-0.4, -0.2) is 19.2 Å². The summed E-state index contributed by atoms with van der Waals surface area (Å²) in [7, 11) is 0. The monoisotopic (exact) mass is 201 g/mol. The minimum Gasteiger partial charge on any atom is -0.464 e. The van der Waals surface area contributed by atoms with Gasteiger partial charge in [0.25, 0.3) is 0 Å². The van der Waals surface area contributed by atoms with E-state index in [1.54, 1.807) is 11.3 Å². The summed E-state index contributed by atoms with van der Waals surface area (Å²) in [6.45, 7) is 0.188. The summed E-state index contributed by atoms with van der Waals surface area (Å²) in [5.41, 5.74) is 0. The minimum atomic E-state index is -0.431. The number of nitrogens with two attached hydrogens (primary N) is 1. The molecule has 0 amide bonds. The maximum atomic E-state index is 10.7. The molecule has 13 heavy (non-hydrogen) atoms. The van der Waals surface area contributed by atoms with E-state index < -0.39 is 5.97 Å². The van der Waals surface area contributed by atoms with E-state index in [4.69, 9.17) is 10.6 Å². The number of esters is 1. The summed E-state index contributed by atoms with van der Waals surface area (Å²) in [6.07, 6.45) is 0.744. The summed E-state index contributed by atoms with van der Waals surface area (Å²) in [5, 5.41) is 1.99. The van der Waals surface area contributed by atoms with Crippen LogP contribution in [0.4, 0.5) is 0 Å². The van der Waals surface area contributed by atoms with Crippen molar-refractivity contribution < 1.29 is 14.4 Å². The Kier molecular flexibility index (Phi) is 4.45. The minimum absolute atomic E-state index is 0.190. The zero-order chi connectivity index (χ0) is 9.52. The molecule has 0 aliphatic heterocycles. The number of hydrogen-bond acceptors (Lipinski definition) is 5. The fourth-order valence-corrected chi connectivity index (χ4v) is 1.52. The quantitative estimate of drug-likeness (QED) is 0.563. The van der Waals surface area contributed by atoms with Crippen LogP contribution < -0.4 is 5.90 Å². The van der Waals surface area contributed by atoms with Gasteiger partial charge < -0.3 is 4.74 Å². The molecule has 0 radical (unpaired) electrons. The smallest absolute Gasteiger partial charge is 0.334 e. The molecule has 0 aliphatic carbocycles. The second-order valence-corrected chi connectivity index (χ2v) is 3.39. The van der Waals surface area contributed by atoms with Crippen molar-refractivity contribution >= 4 is 17.3 Å². The molecule has 0 atom stereocenters. The van der Waals surface area contributed by atoms with Crippen LogP contribution >= 0.6 is 11.3 Å². The standard InChI is InChI=1S/C8H11NO3S/c9-12-6-8(10)11-4-3-7-2-1-5-13-7/h1-2,5H,3-4,6,9H2. The average molecular weight is 201 g/mol. The number of rotatable bonds is 5. The van der Waals surface area contributed by atoms with Crippen molar-refractivity contribution in [3.8, 4) is 0 Å². The van der Waals surface area contributed by atoms with Crippen molar-refractivity contribution in [2.75, 3.05) is 13.2 Å². The van der Waals surface area contributed by atoms with Gasteiger partial charge in [-0.3, -0.25) is 4.84 Å². The van der Waals surface area contributed by atoms with E-state index in [2.05, 4.69) is 4.84 Å². The van der Waals surface area contributed by atoms with Gasteiger partial charge in [-0.2, -0.15) is 0 Å². The Bertz CT molecular complexity index is 248. The maximum absolute atomic E-state index is 10.7. The van der Waals surface area contributed by atoms with Crippen molar-refractivity contribution in [2.45, 2.75) is 6.42 Å². The molecule has 0 unspecified atom stereocenters. The number of carbonyl (C=O) groups excluding carboxylic acids is 1. The van der Waals surface area contributed by atoms with E-state index in [1.165, 1.54) is 4.88 Å². The molecule has 0 aliphatic rings. The zero-order valence-electron chi connectivity index (χ0n) is 7.06. The van der Waals surface area contributed by atoms with E-state index in [0.29, 0.717) is 6.61 Å². The lowest BCUT2D eigenvalue weighted by molar-refractivity contribution is -0.149. The first-order valence-corrected chi connectivity index (χ1v) is 4.70. The third-order valence-electron chi connectivity index (χ3n) is 1.39. The first kappa shape index (κ1) is 10.2. The van der Waals surface area contributed by atoms with Crippen LogP contribution in [0.1, 0.15) is 4.88 Å². The zero-order valence-corrected chi connectivity index (χ0v) is 7.88. The van der Waals surface area contributed by atoms with Gasteiger partial charge in [-0.05, 0) is 11.4 Å². The van der Waals surface area contributed by atoms with Gasteiger partial charge in [-0.25, -0.2) is 10.7 Å². The van der Waals surface area contributed by atoms with Crippen LogP contribution in [0.25, 0.3) is 0 Å². The predicted molar refractivity (Wildman–Crippen MR) is 49.1 cm³/mol. The van der Waals surface area contributed by atoms with Gasteiger partial charge in [0, 0.05) is 11.3 Å². The first-order valence-electron chi connectivity index (χ1n) is 3.82. The van der Waals surface area contributed by atoms with E-state index in [1.807, 2.05) is 17.5 Å². The summed E-state index contributed by atoms with van der Waals surface area (Å²) >= 11 is 1.64. The third kappa shape index (κ3) is 4.02. The van der Waals surface area contributed by atoms with Crippen LogP contribution in [0, 0.1) is 0 Å². The number of hydrogen-bond donors (Lipinski definition) is 1. The van der Waals surface area contributed by atoms with E-state index in [9.17, 15) is 4.79 Å². The lowest BCUT2D eigenvalue weighted by Crippen LogP contribution is -2.16. The van der Waals surface area contributed by atoms with Crippen LogP contribution in [0.5, 0.6) is 0 Å². The maximum Gasteiger partial charge on any atom is 0.334 e. The molecular weight excluding hydrogens is 190 g/mol. The molecule has 0 saturated heterocycles. The normalized spacial score (nSPS) is 9.92. The molecule has 1 heterocycles. The Morgan fingerprint density at radius 2 is 2.46 bits per heavy atom. The van der Waals surface area contributed by atoms with Crippen LogP contribution in [0.3, 0.4) is 0 Å². The van der Waals surface area contributed by atoms with Gasteiger partial charge in [0.05, 0.1) is 6.61 Å². The Morgan fingerprint density at radius 3 is 3.08 bits per heavy atom. The highest BCUT2D eigenvalue weighted by Crippen LogP contribution is 2.08. The number of ether oxygens (including phenoxy) is 1. The van der Waals surface area contributed by atoms with Crippen molar-refractivity contribution in [3.63, 3.8) is 0 Å². The molecule has 0 aromatic carbocycles. The van der Waals surface area contributed by atoms with Gasteiger partial charge in [0.15, 0.2) is 6.61 Å². The average Bonchev–Trinajstić information content (AvgIpc) is 2.57. The molecule has 1 aromatic rings. The van der Waals surface area contributed by atoms with Gasteiger partial charge in [0.1, 0.15) is 0 Å². The van der Waals surface area contributed by atoms with Crippen molar-refractivity contribution in [1.82, 2.24) is 0 Å². The van der Waals surface area contributed by atoms with Crippen molar-refractivity contribution in [1.29, 1.82) is 0 Å². The molecule has 0 fully saturated rings. The number of carbonyl (C=O) groups is 1. The molecule has 2 N–H and O–H groups in total. The van der Waals surface area contributed by atoms with Crippen molar-refractivity contribution in [2.24, 2.45) is 5.90 Å². The highest BCUT2D eigenvalue weighted by atomic mass is 32.1. The molecule has 1 aromatic heterocycles. The molecule has 0 spiro atoms. The first-order chi connectivity index (χ1) is 6.33. The lowest BCUT2D eigenvalue weighted by atomic mass is 10.4. The topological polar surface area (TPSA) is 61.5 Å². The molecule has 0 saturated carbocycles. The van der Waals surface area contributed by atoms with Gasteiger partial charge in [0.2, 0.25) is 0 Å². The fraction of sp³-hybridized carbons (Fsp3) is 0.375. The second kappa shape index (κ2) is 5.69.